The number of carbonyl (C=O) groups excluding carboxylic acids is 4. The molecule has 0 spiro atoms. The van der Waals surface area contributed by atoms with Crippen LogP contribution in [0.3, 0.4) is 0 Å². The molecule has 0 saturated heterocycles. The van der Waals surface area contributed by atoms with E-state index in [0.29, 0.717) is 23.0 Å². The molecule has 2 unspecified atom stereocenters. The maximum absolute atomic E-state index is 12.7. The van der Waals surface area contributed by atoms with Gasteiger partial charge in [-0.15, -0.1) is 0 Å². The molecule has 2 amide bonds. The summed E-state index contributed by atoms with van der Waals surface area (Å²) < 4.78 is 33.8. The number of amides is 2. The van der Waals surface area contributed by atoms with Gasteiger partial charge in [-0.05, 0) is 47.6 Å². The van der Waals surface area contributed by atoms with Gasteiger partial charge in [0.1, 0.15) is 50.1 Å². The van der Waals surface area contributed by atoms with Crippen LogP contribution in [-0.4, -0.2) is 98.9 Å². The molecule has 2 N–H and O–H groups in total. The molecule has 318 valence electrons. The summed E-state index contributed by atoms with van der Waals surface area (Å²) in [4.78, 5) is 48.0. The van der Waals surface area contributed by atoms with Crippen LogP contribution in [0.4, 0.5) is 9.59 Å². The lowest BCUT2D eigenvalue weighted by Crippen LogP contribution is -2.35. The van der Waals surface area contributed by atoms with Crippen molar-refractivity contribution in [1.82, 2.24) is 10.6 Å². The maximum Gasteiger partial charge on any atom is 0.407 e. The number of carbonyl (C=O) groups is 4. The summed E-state index contributed by atoms with van der Waals surface area (Å²) in [7, 11) is 0. The van der Waals surface area contributed by atoms with Crippen LogP contribution in [0, 0.1) is 0 Å². The zero-order valence-corrected chi connectivity index (χ0v) is 35.1. The topological polar surface area (TPSA) is 148 Å². The molecule has 14 heteroatoms. The molecule has 2 atom stereocenters. The molecule has 0 aliphatic rings. The lowest BCUT2D eigenvalue weighted by atomic mass is 10.1. The third-order valence-electron chi connectivity index (χ3n) is 8.34. The van der Waals surface area contributed by atoms with E-state index >= 15 is 0 Å². The molecule has 0 radical (unpaired) electrons. The first-order chi connectivity index (χ1) is 29.4. The summed E-state index contributed by atoms with van der Waals surface area (Å²) in [5, 5.41) is 5.23. The third-order valence-corrected chi connectivity index (χ3v) is 10.7. The van der Waals surface area contributed by atoms with Crippen molar-refractivity contribution in [2.45, 2.75) is 25.0 Å². The fourth-order valence-electron chi connectivity index (χ4n) is 5.45. The van der Waals surface area contributed by atoms with Gasteiger partial charge >= 0.3 is 24.1 Å². The highest BCUT2D eigenvalue weighted by molar-refractivity contribution is 7.99. The van der Waals surface area contributed by atoms with Crippen LogP contribution in [0.1, 0.15) is 12.8 Å². The molecule has 0 heterocycles. The number of alkyl carbamates (subject to hydrolysis) is 2. The molecule has 0 aromatic heterocycles. The number of benzene rings is 4. The molecule has 0 aliphatic carbocycles. The van der Waals surface area contributed by atoms with Gasteiger partial charge in [0.05, 0.1) is 13.1 Å². The SMILES string of the molecule is C=CC(=O)OCCNC(=O)OC(COc1ccccc1-c1ccccc1)CSCCCCSCC(COc1ccccc1-c1ccccc1)OC(=O)NCCOC(=O)C=C. The van der Waals surface area contributed by atoms with E-state index in [1.54, 1.807) is 23.5 Å². The molecule has 60 heavy (non-hydrogen) atoms. The number of nitrogens with one attached hydrogen (secondary N) is 2. The molecule has 0 aliphatic heterocycles. The van der Waals surface area contributed by atoms with Gasteiger partial charge in [0.2, 0.25) is 0 Å². The molecule has 0 saturated carbocycles. The number of thioether (sulfide) groups is 2. The predicted molar refractivity (Wildman–Crippen MR) is 237 cm³/mol. The first kappa shape index (κ1) is 46.8. The van der Waals surface area contributed by atoms with Crippen molar-refractivity contribution >= 4 is 47.6 Å². The van der Waals surface area contributed by atoms with Gasteiger partial charge in [-0.2, -0.15) is 23.5 Å². The smallest absolute Gasteiger partial charge is 0.407 e. The standard InChI is InChI=1S/C46H52N2O10S2/c1-3-43(49)53-27-25-47-45(51)57-37(31-55-41-23-13-11-21-39(41)35-17-7-5-8-18-35)33-59-29-15-16-30-60-34-38(58-46(52)48-26-28-54-44(50)4-2)32-56-42-24-14-12-22-40(42)36-19-9-6-10-20-36/h3-14,17-24,37-38H,1-2,15-16,25-34H2,(H,47,51)(H,48,52). The van der Waals surface area contributed by atoms with Gasteiger partial charge in [0.15, 0.2) is 0 Å². The van der Waals surface area contributed by atoms with Crippen LogP contribution in [0.5, 0.6) is 11.5 Å². The Kier molecular flexibility index (Phi) is 21.7. The lowest BCUT2D eigenvalue weighted by Gasteiger charge is -2.20. The molecule has 4 aromatic rings. The number of rotatable bonds is 27. The van der Waals surface area contributed by atoms with E-state index in [-0.39, 0.29) is 39.5 Å². The van der Waals surface area contributed by atoms with Crippen LogP contribution >= 0.6 is 23.5 Å². The minimum absolute atomic E-state index is 0.0112. The van der Waals surface area contributed by atoms with Gasteiger partial charge in [0.25, 0.3) is 0 Å². The van der Waals surface area contributed by atoms with Gasteiger partial charge in [-0.25, -0.2) is 19.2 Å². The Bertz CT molecular complexity index is 1790. The number of ether oxygens (including phenoxy) is 6. The van der Waals surface area contributed by atoms with Crippen LogP contribution in [-0.2, 0) is 28.5 Å². The summed E-state index contributed by atoms with van der Waals surface area (Å²) in [6.07, 6.45) is 1.52. The van der Waals surface area contributed by atoms with Crippen LogP contribution in [0.2, 0.25) is 0 Å². The summed E-state index contributed by atoms with van der Waals surface area (Å²) in [6.45, 7) is 7.15. The summed E-state index contributed by atoms with van der Waals surface area (Å²) in [6, 6.07) is 35.2. The zero-order valence-electron chi connectivity index (χ0n) is 33.5. The molecule has 4 rings (SSSR count). The minimum Gasteiger partial charge on any atom is -0.489 e. The molecule has 0 fully saturated rings. The van der Waals surface area contributed by atoms with Gasteiger partial charge in [0, 0.05) is 34.8 Å². The minimum atomic E-state index is -0.638. The fourth-order valence-corrected chi connectivity index (χ4v) is 7.45. The lowest BCUT2D eigenvalue weighted by molar-refractivity contribution is -0.138. The van der Waals surface area contributed by atoms with Gasteiger partial charge < -0.3 is 39.1 Å². The van der Waals surface area contributed by atoms with E-state index in [2.05, 4.69) is 23.8 Å². The Morgan fingerprint density at radius 3 is 1.33 bits per heavy atom. The Labute approximate surface area is 360 Å². The molecule has 0 bridgehead atoms. The summed E-state index contributed by atoms with van der Waals surface area (Å²) >= 11 is 3.31. The van der Waals surface area contributed by atoms with Crippen molar-refractivity contribution < 1.29 is 47.6 Å². The van der Waals surface area contributed by atoms with Crippen molar-refractivity contribution in [2.24, 2.45) is 0 Å². The first-order valence-electron chi connectivity index (χ1n) is 19.5. The van der Waals surface area contributed by atoms with Crippen molar-refractivity contribution in [3.05, 3.63) is 135 Å². The Hall–Kier alpha value is -5.86. The van der Waals surface area contributed by atoms with E-state index in [4.69, 9.17) is 28.4 Å². The summed E-state index contributed by atoms with van der Waals surface area (Å²) in [5.74, 6) is 2.84. The second-order valence-corrected chi connectivity index (χ2v) is 15.2. The largest absolute Gasteiger partial charge is 0.489 e. The fraction of sp³-hybridized carbons (Fsp3) is 0.304. The predicted octanol–water partition coefficient (Wildman–Crippen LogP) is 8.37. The quantitative estimate of drug-likeness (QED) is 0.0257. The third kappa shape index (κ3) is 18.0. The van der Waals surface area contributed by atoms with Gasteiger partial charge in [-0.3, -0.25) is 0 Å². The Balaban J connectivity index is 1.26. The summed E-state index contributed by atoms with van der Waals surface area (Å²) in [5.41, 5.74) is 3.88. The second-order valence-electron chi connectivity index (χ2n) is 12.9. The number of para-hydroxylation sites is 2. The highest BCUT2D eigenvalue weighted by Crippen LogP contribution is 2.31. The first-order valence-corrected chi connectivity index (χ1v) is 21.8. The van der Waals surface area contributed by atoms with Crippen molar-refractivity contribution in [3.8, 4) is 33.8 Å². The average Bonchev–Trinajstić information content (AvgIpc) is 3.28. The normalized spacial score (nSPS) is 11.5. The van der Waals surface area contributed by atoms with E-state index in [0.717, 1.165) is 58.8 Å². The van der Waals surface area contributed by atoms with E-state index in [1.165, 1.54) is 0 Å². The molecular formula is C46H52N2O10S2. The Morgan fingerprint density at radius 2 is 0.933 bits per heavy atom. The molecular weight excluding hydrogens is 805 g/mol. The zero-order chi connectivity index (χ0) is 42.6. The molecule has 12 nitrogen and oxygen atoms in total. The van der Waals surface area contributed by atoms with Crippen LogP contribution in [0.15, 0.2) is 135 Å². The van der Waals surface area contributed by atoms with Crippen LogP contribution < -0.4 is 20.1 Å². The number of unbranched alkanes of at least 4 members (excludes halogenated alkanes) is 1. The van der Waals surface area contributed by atoms with E-state index < -0.39 is 36.3 Å². The van der Waals surface area contributed by atoms with Gasteiger partial charge in [-0.1, -0.05) is 110 Å². The Morgan fingerprint density at radius 1 is 0.550 bits per heavy atom. The van der Waals surface area contributed by atoms with Crippen molar-refractivity contribution in [2.75, 3.05) is 62.5 Å². The maximum atomic E-state index is 12.7. The van der Waals surface area contributed by atoms with E-state index in [9.17, 15) is 19.2 Å². The monoisotopic (exact) mass is 856 g/mol. The number of hydrogen-bond acceptors (Lipinski definition) is 12. The molecule has 4 aromatic carbocycles. The highest BCUT2D eigenvalue weighted by Gasteiger charge is 2.19. The second kappa shape index (κ2) is 27.8. The van der Waals surface area contributed by atoms with Crippen molar-refractivity contribution in [1.29, 1.82) is 0 Å². The number of esters is 2. The van der Waals surface area contributed by atoms with Crippen molar-refractivity contribution in [3.63, 3.8) is 0 Å². The van der Waals surface area contributed by atoms with Crippen LogP contribution in [0.25, 0.3) is 22.3 Å². The average molecular weight is 857 g/mol. The number of hydrogen-bond donors (Lipinski definition) is 2. The highest BCUT2D eigenvalue weighted by atomic mass is 32.2. The van der Waals surface area contributed by atoms with E-state index in [1.807, 2.05) is 109 Å².